The summed E-state index contributed by atoms with van der Waals surface area (Å²) < 4.78 is 0. The maximum absolute atomic E-state index is 3.26. The van der Waals surface area contributed by atoms with E-state index in [1.165, 1.54) is 16.7 Å². The fraction of sp³-hybridized carbons (Fsp3) is 0.500. The van der Waals surface area contributed by atoms with E-state index in [0.29, 0.717) is 17.8 Å². The molecule has 0 unspecified atom stereocenters. The van der Waals surface area contributed by atoms with E-state index < -0.39 is 0 Å². The molecule has 0 aliphatic heterocycles. The summed E-state index contributed by atoms with van der Waals surface area (Å²) in [6, 6.07) is 0. The van der Waals surface area contributed by atoms with E-state index in [1.807, 2.05) is 0 Å². The predicted molar refractivity (Wildman–Crippen MR) is 106 cm³/mol. The molecule has 0 N–H and O–H groups in total. The molecular formula is C24H33La. The van der Waals surface area contributed by atoms with Crippen molar-refractivity contribution in [2.24, 2.45) is 17.8 Å². The van der Waals surface area contributed by atoms with E-state index in [9.17, 15) is 0 Å². The van der Waals surface area contributed by atoms with Gasteiger partial charge in [-0.15, -0.1) is 0 Å². The summed E-state index contributed by atoms with van der Waals surface area (Å²) >= 11 is 0. The fourth-order valence-corrected chi connectivity index (χ4v) is 2.45. The van der Waals surface area contributed by atoms with Crippen molar-refractivity contribution in [3.8, 4) is 0 Å². The molecule has 1 heteroatoms. The van der Waals surface area contributed by atoms with Crippen molar-refractivity contribution in [1.29, 1.82) is 0 Å². The van der Waals surface area contributed by atoms with Gasteiger partial charge in [0.15, 0.2) is 0 Å². The summed E-state index contributed by atoms with van der Waals surface area (Å²) in [5, 5.41) is 0. The van der Waals surface area contributed by atoms with Gasteiger partial charge in [-0.1, -0.05) is 78.0 Å². The molecule has 0 amide bonds. The van der Waals surface area contributed by atoms with Crippen LogP contribution >= 0.6 is 0 Å². The Kier molecular flexibility index (Phi) is 13.6. The molecule has 4 radical (unpaired) electrons. The second-order valence-corrected chi connectivity index (χ2v) is 7.18. The van der Waals surface area contributed by atoms with E-state index in [-0.39, 0.29) is 35.6 Å². The summed E-state index contributed by atoms with van der Waals surface area (Å²) in [6.45, 7) is 13.2. The summed E-state index contributed by atoms with van der Waals surface area (Å²) in [5.74, 6) is 1.98. The zero-order chi connectivity index (χ0) is 17.9. The maximum atomic E-state index is 3.26. The molecule has 0 atom stereocenters. The first-order chi connectivity index (χ1) is 11.4. The maximum Gasteiger partial charge on any atom is 0 e. The molecule has 3 aliphatic carbocycles. The minimum absolute atomic E-state index is 0. The van der Waals surface area contributed by atoms with Gasteiger partial charge in [0.2, 0.25) is 0 Å². The molecule has 0 nitrogen and oxygen atoms in total. The van der Waals surface area contributed by atoms with Crippen LogP contribution in [0.5, 0.6) is 0 Å². The zero-order valence-electron chi connectivity index (χ0n) is 16.9. The van der Waals surface area contributed by atoms with E-state index in [1.54, 1.807) is 0 Å². The van der Waals surface area contributed by atoms with Crippen LogP contribution in [0.25, 0.3) is 0 Å². The molecular weight excluding hydrogens is 427 g/mol. The molecule has 0 saturated carbocycles. The Morgan fingerprint density at radius 3 is 0.880 bits per heavy atom. The van der Waals surface area contributed by atoms with E-state index >= 15 is 0 Å². The van der Waals surface area contributed by atoms with Gasteiger partial charge in [-0.25, -0.2) is 0 Å². The largest absolute Gasteiger partial charge is 0.0798 e. The Morgan fingerprint density at radius 1 is 0.560 bits per heavy atom. The van der Waals surface area contributed by atoms with Gasteiger partial charge in [-0.2, -0.15) is 0 Å². The van der Waals surface area contributed by atoms with Crippen molar-refractivity contribution in [1.82, 2.24) is 0 Å². The summed E-state index contributed by atoms with van der Waals surface area (Å²) in [4.78, 5) is 0. The average Bonchev–Trinajstić information content (AvgIpc) is 3.29. The third-order valence-electron chi connectivity index (χ3n) is 4.03. The van der Waals surface area contributed by atoms with Crippen LogP contribution in [0.1, 0.15) is 60.8 Å². The van der Waals surface area contributed by atoms with Gasteiger partial charge in [0, 0.05) is 35.6 Å². The molecule has 0 saturated heterocycles. The Hall–Kier alpha value is -0.365. The minimum atomic E-state index is 0. The van der Waals surface area contributed by atoms with Crippen molar-refractivity contribution in [2.75, 3.05) is 0 Å². The second kappa shape index (κ2) is 13.8. The van der Waals surface area contributed by atoms with Gasteiger partial charge in [0.25, 0.3) is 0 Å². The predicted octanol–water partition coefficient (Wildman–Crippen LogP) is 7.00. The van der Waals surface area contributed by atoms with Gasteiger partial charge in [-0.3, -0.25) is 0 Å². The van der Waals surface area contributed by atoms with Gasteiger partial charge in [0.1, 0.15) is 0 Å². The first kappa shape index (κ1) is 24.6. The number of hydrogen-bond donors (Lipinski definition) is 0. The Balaban J connectivity index is 0.000000339. The Labute approximate surface area is 184 Å². The summed E-state index contributed by atoms with van der Waals surface area (Å²) in [5.41, 5.74) is 4.10. The van der Waals surface area contributed by atoms with Crippen LogP contribution in [0.4, 0.5) is 0 Å². The molecule has 0 aromatic heterocycles. The molecule has 0 aromatic rings. The Morgan fingerprint density at radius 2 is 0.800 bits per heavy atom. The molecule has 3 rings (SSSR count). The number of hydrogen-bond acceptors (Lipinski definition) is 0. The minimum Gasteiger partial charge on any atom is -0.0798 e. The molecule has 3 aliphatic rings. The number of allylic oxidation sites excluding steroid dienone is 12. The normalized spacial score (nSPS) is 16.9. The molecule has 0 heterocycles. The van der Waals surface area contributed by atoms with Crippen LogP contribution in [0.3, 0.4) is 0 Å². The fourth-order valence-electron chi connectivity index (χ4n) is 2.45. The quantitative estimate of drug-likeness (QED) is 0.426. The first-order valence-corrected chi connectivity index (χ1v) is 9.23. The van der Waals surface area contributed by atoms with Crippen molar-refractivity contribution in [2.45, 2.75) is 60.8 Å². The smallest absolute Gasteiger partial charge is 0 e. The Bertz CT molecular complexity index is 468. The topological polar surface area (TPSA) is 0 Å². The van der Waals surface area contributed by atoms with Crippen LogP contribution in [0, 0.1) is 71.6 Å². The summed E-state index contributed by atoms with van der Waals surface area (Å²) in [6.07, 6.45) is 25.8. The van der Waals surface area contributed by atoms with Crippen molar-refractivity contribution in [3.63, 3.8) is 0 Å². The van der Waals surface area contributed by atoms with Crippen molar-refractivity contribution in [3.05, 3.63) is 71.4 Å². The SMILES string of the molecule is CC(C)C1=[C]CC=C1.CC(C)C1=[C]CC=C1.CC(C)C1=[C]CC=C1.[La]. The third kappa shape index (κ3) is 10.4. The van der Waals surface area contributed by atoms with E-state index in [4.69, 9.17) is 0 Å². The number of rotatable bonds is 3. The molecule has 0 bridgehead atoms. The summed E-state index contributed by atoms with van der Waals surface area (Å²) in [7, 11) is 0. The van der Waals surface area contributed by atoms with Gasteiger partial charge >= 0.3 is 0 Å². The van der Waals surface area contributed by atoms with Crippen LogP contribution in [0.2, 0.25) is 0 Å². The van der Waals surface area contributed by atoms with Crippen LogP contribution in [-0.4, -0.2) is 0 Å². The van der Waals surface area contributed by atoms with Gasteiger partial charge in [-0.05, 0) is 72.0 Å². The first-order valence-electron chi connectivity index (χ1n) is 9.23. The molecule has 0 spiro atoms. The van der Waals surface area contributed by atoms with Gasteiger partial charge < -0.3 is 0 Å². The standard InChI is InChI=1S/3C8H11.La/c3*1-7(2)8-5-3-4-6-8;/h3*3,5,7H,4H2,1-2H3;. The molecule has 0 fully saturated rings. The van der Waals surface area contributed by atoms with Crippen LogP contribution < -0.4 is 0 Å². The van der Waals surface area contributed by atoms with Crippen molar-refractivity contribution < 1.29 is 35.6 Å². The molecule has 0 aromatic carbocycles. The van der Waals surface area contributed by atoms with Crippen molar-refractivity contribution >= 4 is 0 Å². The second-order valence-electron chi connectivity index (χ2n) is 7.18. The third-order valence-corrected chi connectivity index (χ3v) is 4.03. The average molecular weight is 460 g/mol. The molecule has 25 heavy (non-hydrogen) atoms. The monoisotopic (exact) mass is 460 g/mol. The van der Waals surface area contributed by atoms with Gasteiger partial charge in [0.05, 0.1) is 0 Å². The van der Waals surface area contributed by atoms with E-state index in [0.717, 1.165) is 19.3 Å². The van der Waals surface area contributed by atoms with Crippen LogP contribution in [0.15, 0.2) is 53.2 Å². The van der Waals surface area contributed by atoms with Crippen LogP contribution in [-0.2, 0) is 0 Å². The van der Waals surface area contributed by atoms with E-state index in [2.05, 4.69) is 96.2 Å². The zero-order valence-corrected chi connectivity index (χ0v) is 20.5. The molecule has 132 valence electrons.